The van der Waals surface area contributed by atoms with Crippen LogP contribution in [0.5, 0.6) is 5.88 Å². The van der Waals surface area contributed by atoms with Gasteiger partial charge in [0.15, 0.2) is 0 Å². The molecule has 1 aromatic carbocycles. The molecule has 3 aromatic rings. The molecule has 2 heterocycles. The largest absolute Gasteiger partial charge is 0.475 e. The summed E-state index contributed by atoms with van der Waals surface area (Å²) < 4.78 is 8.07. The molecule has 0 radical (unpaired) electrons. The van der Waals surface area contributed by atoms with Gasteiger partial charge in [-0.05, 0) is 26.0 Å². The Hall–Kier alpha value is -3.69. The first kappa shape index (κ1) is 20.1. The second-order valence-electron chi connectivity index (χ2n) is 6.47. The number of ether oxygens (including phenoxy) is 1. The normalized spacial score (nSPS) is 10.7. The number of rotatable bonds is 8. The maximum atomic E-state index is 12.2. The zero-order valence-corrected chi connectivity index (χ0v) is 16.5. The van der Waals surface area contributed by atoms with E-state index in [2.05, 4.69) is 15.5 Å². The Morgan fingerprint density at radius 2 is 1.97 bits per heavy atom. The first-order valence-electron chi connectivity index (χ1n) is 9.03. The molecule has 1 N–H and O–H groups in total. The molecule has 152 valence electrons. The third-order valence-electron chi connectivity index (χ3n) is 4.57. The van der Waals surface area contributed by atoms with E-state index in [1.54, 1.807) is 0 Å². The average Bonchev–Trinajstić information content (AvgIpc) is 3.26. The van der Waals surface area contributed by atoms with E-state index < -0.39 is 4.92 Å². The van der Waals surface area contributed by atoms with Crippen LogP contribution < -0.4 is 10.1 Å². The van der Waals surface area contributed by atoms with Gasteiger partial charge in [0.1, 0.15) is 6.20 Å². The SMILES string of the molecule is COc1nn(CCC(=O)NCc2c(C)nn(-c3ccccc3)c2C)cc1[N+](=O)[O-]. The summed E-state index contributed by atoms with van der Waals surface area (Å²) in [6, 6.07) is 9.78. The highest BCUT2D eigenvalue weighted by Crippen LogP contribution is 2.24. The minimum absolute atomic E-state index is 0.0741. The van der Waals surface area contributed by atoms with Crippen molar-refractivity contribution in [1.82, 2.24) is 24.9 Å². The Morgan fingerprint density at radius 3 is 2.59 bits per heavy atom. The second kappa shape index (κ2) is 8.55. The minimum Gasteiger partial charge on any atom is -0.475 e. The van der Waals surface area contributed by atoms with Gasteiger partial charge >= 0.3 is 11.6 Å². The van der Waals surface area contributed by atoms with E-state index in [-0.39, 0.29) is 30.4 Å². The van der Waals surface area contributed by atoms with Crippen molar-refractivity contribution in [3.63, 3.8) is 0 Å². The number of aryl methyl sites for hydroxylation is 2. The lowest BCUT2D eigenvalue weighted by Gasteiger charge is -2.07. The van der Waals surface area contributed by atoms with Crippen LogP contribution in [0.1, 0.15) is 23.4 Å². The van der Waals surface area contributed by atoms with Gasteiger partial charge in [-0.2, -0.15) is 5.10 Å². The lowest BCUT2D eigenvalue weighted by atomic mass is 10.2. The molecule has 0 aliphatic carbocycles. The van der Waals surface area contributed by atoms with Gasteiger partial charge in [-0.25, -0.2) is 4.68 Å². The highest BCUT2D eigenvalue weighted by molar-refractivity contribution is 5.75. The smallest absolute Gasteiger partial charge is 0.350 e. The third-order valence-corrected chi connectivity index (χ3v) is 4.57. The molecular weight excluding hydrogens is 376 g/mol. The number of carbonyl (C=O) groups excluding carboxylic acids is 1. The van der Waals surface area contributed by atoms with E-state index in [4.69, 9.17) is 4.74 Å². The molecule has 0 spiro atoms. The van der Waals surface area contributed by atoms with Gasteiger partial charge in [0.05, 0.1) is 30.0 Å². The van der Waals surface area contributed by atoms with Crippen LogP contribution in [0.25, 0.3) is 5.69 Å². The van der Waals surface area contributed by atoms with Crippen molar-refractivity contribution in [2.24, 2.45) is 0 Å². The summed E-state index contributed by atoms with van der Waals surface area (Å²) in [5.74, 6) is -0.261. The van der Waals surface area contributed by atoms with Crippen LogP contribution in [0.15, 0.2) is 36.5 Å². The Kier molecular flexibility index (Phi) is 5.91. The maximum Gasteiger partial charge on any atom is 0.350 e. The summed E-state index contributed by atoms with van der Waals surface area (Å²) in [4.78, 5) is 22.6. The Balaban J connectivity index is 1.60. The molecule has 0 saturated heterocycles. The highest BCUT2D eigenvalue weighted by atomic mass is 16.6. The molecule has 10 nitrogen and oxygen atoms in total. The number of methoxy groups -OCH3 is 1. The number of nitrogens with one attached hydrogen (secondary N) is 1. The van der Waals surface area contributed by atoms with Crippen LogP contribution in [-0.4, -0.2) is 37.5 Å². The zero-order valence-electron chi connectivity index (χ0n) is 16.5. The number of aromatic nitrogens is 4. The molecule has 0 atom stereocenters. The fraction of sp³-hybridized carbons (Fsp3) is 0.316. The lowest BCUT2D eigenvalue weighted by Crippen LogP contribution is -2.24. The summed E-state index contributed by atoms with van der Waals surface area (Å²) >= 11 is 0. The lowest BCUT2D eigenvalue weighted by molar-refractivity contribution is -0.385. The molecule has 0 bridgehead atoms. The van der Waals surface area contributed by atoms with Crippen LogP contribution in [0.3, 0.4) is 0 Å². The van der Waals surface area contributed by atoms with Gasteiger partial charge in [-0.15, -0.1) is 5.10 Å². The van der Waals surface area contributed by atoms with E-state index in [0.717, 1.165) is 22.6 Å². The van der Waals surface area contributed by atoms with Crippen molar-refractivity contribution < 1.29 is 14.5 Å². The molecule has 0 aliphatic heterocycles. The predicted molar refractivity (Wildman–Crippen MR) is 105 cm³/mol. The monoisotopic (exact) mass is 398 g/mol. The molecule has 10 heteroatoms. The fourth-order valence-corrected chi connectivity index (χ4v) is 3.02. The van der Waals surface area contributed by atoms with Crippen molar-refractivity contribution >= 4 is 11.6 Å². The standard InChI is InChI=1S/C19H22N6O4/c1-13-16(14(2)24(21-13)15-7-5-4-6-8-15)11-20-18(26)9-10-23-12-17(25(27)28)19(22-23)29-3/h4-8,12H,9-11H2,1-3H3,(H,20,26). The Labute approximate surface area is 167 Å². The van der Waals surface area contributed by atoms with Gasteiger partial charge in [-0.1, -0.05) is 18.2 Å². The van der Waals surface area contributed by atoms with Crippen LogP contribution in [0.2, 0.25) is 0 Å². The first-order valence-corrected chi connectivity index (χ1v) is 9.03. The number of para-hydroxylation sites is 1. The Bertz CT molecular complexity index is 1030. The topological polar surface area (TPSA) is 117 Å². The van der Waals surface area contributed by atoms with Crippen LogP contribution in [0, 0.1) is 24.0 Å². The van der Waals surface area contributed by atoms with Gasteiger partial charge < -0.3 is 10.1 Å². The molecule has 1 amide bonds. The summed E-state index contributed by atoms with van der Waals surface area (Å²) in [5, 5.41) is 22.3. The average molecular weight is 398 g/mol. The van der Waals surface area contributed by atoms with Crippen LogP contribution in [-0.2, 0) is 17.9 Å². The number of nitrogens with zero attached hydrogens (tertiary/aromatic N) is 5. The maximum absolute atomic E-state index is 12.2. The number of amides is 1. The van der Waals surface area contributed by atoms with Gasteiger partial charge in [0.25, 0.3) is 0 Å². The highest BCUT2D eigenvalue weighted by Gasteiger charge is 2.20. The van der Waals surface area contributed by atoms with Gasteiger partial charge in [0.2, 0.25) is 5.91 Å². The second-order valence-corrected chi connectivity index (χ2v) is 6.47. The third kappa shape index (κ3) is 4.42. The quantitative estimate of drug-likeness (QED) is 0.460. The van der Waals surface area contributed by atoms with E-state index in [1.807, 2.05) is 48.9 Å². The van der Waals surface area contributed by atoms with Crippen molar-refractivity contribution in [2.75, 3.05) is 7.11 Å². The van der Waals surface area contributed by atoms with Crippen molar-refractivity contribution in [3.05, 3.63) is 63.6 Å². The van der Waals surface area contributed by atoms with Crippen molar-refractivity contribution in [2.45, 2.75) is 33.4 Å². The number of carbonyl (C=O) groups is 1. The summed E-state index contributed by atoms with van der Waals surface area (Å²) in [6.45, 7) is 4.43. The Morgan fingerprint density at radius 1 is 1.24 bits per heavy atom. The van der Waals surface area contributed by atoms with E-state index in [0.29, 0.717) is 6.54 Å². The molecule has 0 unspecified atom stereocenters. The summed E-state index contributed by atoms with van der Waals surface area (Å²) in [5.41, 5.74) is 3.49. The number of hydrogen-bond acceptors (Lipinski definition) is 6. The minimum atomic E-state index is -0.571. The zero-order chi connectivity index (χ0) is 21.0. The molecule has 0 saturated carbocycles. The van der Waals surface area contributed by atoms with E-state index in [9.17, 15) is 14.9 Å². The molecule has 3 rings (SSSR count). The predicted octanol–water partition coefficient (Wildman–Crippen LogP) is 2.31. The number of benzene rings is 1. The van der Waals surface area contributed by atoms with E-state index in [1.165, 1.54) is 18.0 Å². The molecule has 0 fully saturated rings. The van der Waals surface area contributed by atoms with Crippen molar-refractivity contribution in [1.29, 1.82) is 0 Å². The first-order chi connectivity index (χ1) is 13.9. The summed E-state index contributed by atoms with van der Waals surface area (Å²) in [6.07, 6.45) is 1.39. The fourth-order valence-electron chi connectivity index (χ4n) is 3.02. The molecule has 29 heavy (non-hydrogen) atoms. The molecule has 2 aromatic heterocycles. The van der Waals surface area contributed by atoms with Crippen LogP contribution in [0.4, 0.5) is 5.69 Å². The molecular formula is C19H22N6O4. The van der Waals surface area contributed by atoms with Gasteiger partial charge in [0, 0.05) is 24.2 Å². The molecule has 0 aliphatic rings. The number of nitro groups is 1. The summed E-state index contributed by atoms with van der Waals surface area (Å²) in [7, 11) is 1.31. The number of hydrogen-bond donors (Lipinski definition) is 1. The van der Waals surface area contributed by atoms with Crippen molar-refractivity contribution in [3.8, 4) is 11.6 Å². The van der Waals surface area contributed by atoms with E-state index >= 15 is 0 Å². The van der Waals surface area contributed by atoms with Gasteiger partial charge in [-0.3, -0.25) is 19.6 Å². The van der Waals surface area contributed by atoms with Crippen LogP contribution >= 0.6 is 0 Å².